The highest BCUT2D eigenvalue weighted by atomic mass is 32.2. The molecular formula is C22H28O6S. The van der Waals surface area contributed by atoms with Crippen molar-refractivity contribution in [3.63, 3.8) is 0 Å². The zero-order valence-electron chi connectivity index (χ0n) is 16.5. The Morgan fingerprint density at radius 1 is 1.00 bits per heavy atom. The highest BCUT2D eigenvalue weighted by Gasteiger charge is 2.44. The van der Waals surface area contributed by atoms with Gasteiger partial charge in [0.25, 0.3) is 0 Å². The highest BCUT2D eigenvalue weighted by molar-refractivity contribution is 8.00. The van der Waals surface area contributed by atoms with Crippen molar-refractivity contribution in [2.45, 2.75) is 49.1 Å². The number of benzene rings is 2. The van der Waals surface area contributed by atoms with Crippen molar-refractivity contribution < 1.29 is 30.3 Å². The second kappa shape index (κ2) is 9.36. The van der Waals surface area contributed by atoms with Crippen LogP contribution in [0.1, 0.15) is 34.4 Å². The number of aromatic hydroxyl groups is 1. The lowest BCUT2D eigenvalue weighted by Crippen LogP contribution is -2.51. The van der Waals surface area contributed by atoms with Gasteiger partial charge in [0.1, 0.15) is 17.6 Å². The lowest BCUT2D eigenvalue weighted by atomic mass is 9.92. The molecule has 0 unspecified atom stereocenters. The van der Waals surface area contributed by atoms with Gasteiger partial charge in [0.2, 0.25) is 0 Å². The highest BCUT2D eigenvalue weighted by Crippen LogP contribution is 2.46. The summed E-state index contributed by atoms with van der Waals surface area (Å²) in [7, 11) is 0. The average molecular weight is 421 g/mol. The number of rotatable bonds is 6. The van der Waals surface area contributed by atoms with Crippen molar-refractivity contribution in [2.75, 3.05) is 13.2 Å². The number of aryl methyl sites for hydroxylation is 1. The van der Waals surface area contributed by atoms with Crippen molar-refractivity contribution in [2.24, 2.45) is 0 Å². The molecule has 158 valence electrons. The van der Waals surface area contributed by atoms with Crippen LogP contribution in [-0.4, -0.2) is 62.3 Å². The molecule has 0 spiro atoms. The summed E-state index contributed by atoms with van der Waals surface area (Å²) in [5.74, 6) is 0.832. The topological polar surface area (TPSA) is 110 Å². The van der Waals surface area contributed by atoms with E-state index >= 15 is 0 Å². The zero-order chi connectivity index (χ0) is 21.1. The van der Waals surface area contributed by atoms with E-state index in [9.17, 15) is 25.5 Å². The molecule has 0 aromatic heterocycles. The quantitative estimate of drug-likeness (QED) is 0.486. The van der Waals surface area contributed by atoms with Gasteiger partial charge in [0.15, 0.2) is 0 Å². The number of ether oxygens (including phenoxy) is 1. The maximum atomic E-state index is 10.5. The van der Waals surface area contributed by atoms with Gasteiger partial charge in [-0.3, -0.25) is 0 Å². The number of thioether (sulfide) groups is 1. The van der Waals surface area contributed by atoms with Gasteiger partial charge >= 0.3 is 0 Å². The summed E-state index contributed by atoms with van der Waals surface area (Å²) in [4.78, 5) is 0. The standard InChI is InChI=1S/C22H28O6S/c1-3-28-15-6-4-13(5-7-15)9-14-10-16(17(24)8-12(14)2)22-21(27)20(26)19(25)18(11-23)29-22/h4-8,10,18-27H,3,9,11H2,1-2H3/t18-,19-,20+,21-,22+/m1/s1. The summed E-state index contributed by atoms with van der Waals surface area (Å²) in [5, 5.41) is 49.4. The first kappa shape index (κ1) is 21.9. The molecule has 7 heteroatoms. The summed E-state index contributed by atoms with van der Waals surface area (Å²) in [5.41, 5.74) is 3.46. The number of aliphatic hydroxyl groups excluding tert-OH is 4. The Morgan fingerprint density at radius 2 is 1.69 bits per heavy atom. The minimum atomic E-state index is -1.39. The molecular weight excluding hydrogens is 392 g/mol. The van der Waals surface area contributed by atoms with E-state index < -0.39 is 28.8 Å². The molecule has 0 saturated carbocycles. The predicted octanol–water partition coefficient (Wildman–Crippen LogP) is 1.92. The number of hydrogen-bond acceptors (Lipinski definition) is 7. The van der Waals surface area contributed by atoms with Crippen LogP contribution in [0.4, 0.5) is 0 Å². The van der Waals surface area contributed by atoms with Crippen LogP contribution >= 0.6 is 11.8 Å². The van der Waals surface area contributed by atoms with Crippen LogP contribution in [0, 0.1) is 6.92 Å². The van der Waals surface area contributed by atoms with Crippen LogP contribution in [0.3, 0.4) is 0 Å². The molecule has 2 aromatic carbocycles. The Hall–Kier alpha value is -1.77. The molecule has 3 rings (SSSR count). The lowest BCUT2D eigenvalue weighted by molar-refractivity contribution is -0.0701. The molecule has 5 N–H and O–H groups in total. The molecule has 0 bridgehead atoms. The molecule has 5 atom stereocenters. The molecule has 1 aliphatic rings. The van der Waals surface area contributed by atoms with Crippen molar-refractivity contribution in [3.8, 4) is 11.5 Å². The van der Waals surface area contributed by atoms with Crippen LogP contribution in [0.25, 0.3) is 0 Å². The fourth-order valence-corrected chi connectivity index (χ4v) is 5.07. The number of hydrogen-bond donors (Lipinski definition) is 5. The van der Waals surface area contributed by atoms with E-state index in [2.05, 4.69) is 0 Å². The monoisotopic (exact) mass is 420 g/mol. The van der Waals surface area contributed by atoms with Crippen molar-refractivity contribution >= 4 is 11.8 Å². The maximum absolute atomic E-state index is 10.5. The van der Waals surface area contributed by atoms with Crippen LogP contribution in [-0.2, 0) is 6.42 Å². The first-order chi connectivity index (χ1) is 13.8. The molecule has 0 radical (unpaired) electrons. The summed E-state index contributed by atoms with van der Waals surface area (Å²) >= 11 is 1.16. The molecule has 1 saturated heterocycles. The van der Waals surface area contributed by atoms with Crippen LogP contribution in [0.2, 0.25) is 0 Å². The Morgan fingerprint density at radius 3 is 2.31 bits per heavy atom. The SMILES string of the molecule is CCOc1ccc(Cc2cc([C@@H]3S[C@H](CO)[C@@H](O)[C@H](O)[C@H]3O)c(O)cc2C)cc1. The fourth-order valence-electron chi connectivity index (χ4n) is 3.62. The Labute approximate surface area is 174 Å². The Balaban J connectivity index is 1.89. The zero-order valence-corrected chi connectivity index (χ0v) is 17.3. The Kier molecular flexibility index (Phi) is 7.08. The van der Waals surface area contributed by atoms with Gasteiger partial charge in [-0.1, -0.05) is 18.2 Å². The minimum Gasteiger partial charge on any atom is -0.508 e. The van der Waals surface area contributed by atoms with E-state index in [0.717, 1.165) is 34.2 Å². The fraction of sp³-hybridized carbons (Fsp3) is 0.455. The number of phenolic OH excluding ortho intramolecular Hbond substituents is 1. The van der Waals surface area contributed by atoms with Crippen molar-refractivity contribution in [3.05, 3.63) is 58.7 Å². The first-order valence-electron chi connectivity index (χ1n) is 9.70. The third-order valence-electron chi connectivity index (χ3n) is 5.31. The van der Waals surface area contributed by atoms with Gasteiger partial charge in [0.05, 0.1) is 35.9 Å². The maximum Gasteiger partial charge on any atom is 0.120 e. The van der Waals surface area contributed by atoms with E-state index in [1.807, 2.05) is 44.2 Å². The molecule has 2 aromatic rings. The van der Waals surface area contributed by atoms with E-state index in [-0.39, 0.29) is 12.4 Å². The summed E-state index contributed by atoms with van der Waals surface area (Å²) in [6, 6.07) is 11.3. The minimum absolute atomic E-state index is 0.0229. The third-order valence-corrected chi connectivity index (χ3v) is 6.92. The van der Waals surface area contributed by atoms with Gasteiger partial charge in [-0.15, -0.1) is 11.8 Å². The van der Waals surface area contributed by atoms with E-state index in [0.29, 0.717) is 18.6 Å². The Bertz CT molecular complexity index is 823. The largest absolute Gasteiger partial charge is 0.508 e. The average Bonchev–Trinajstić information content (AvgIpc) is 2.70. The molecule has 0 amide bonds. The van der Waals surface area contributed by atoms with Crippen molar-refractivity contribution in [1.29, 1.82) is 0 Å². The van der Waals surface area contributed by atoms with Crippen LogP contribution in [0.5, 0.6) is 11.5 Å². The lowest BCUT2D eigenvalue weighted by Gasteiger charge is -2.40. The second-order valence-electron chi connectivity index (χ2n) is 7.34. The molecule has 1 heterocycles. The van der Waals surface area contributed by atoms with Gasteiger partial charge < -0.3 is 30.3 Å². The van der Waals surface area contributed by atoms with Crippen molar-refractivity contribution in [1.82, 2.24) is 0 Å². The predicted molar refractivity (Wildman–Crippen MR) is 112 cm³/mol. The van der Waals surface area contributed by atoms with E-state index in [1.54, 1.807) is 6.07 Å². The third kappa shape index (κ3) is 4.70. The van der Waals surface area contributed by atoms with Crippen LogP contribution < -0.4 is 4.74 Å². The smallest absolute Gasteiger partial charge is 0.120 e. The van der Waals surface area contributed by atoms with Gasteiger partial charge in [-0.25, -0.2) is 0 Å². The molecule has 1 aliphatic heterocycles. The van der Waals surface area contributed by atoms with Crippen LogP contribution in [0.15, 0.2) is 36.4 Å². The molecule has 0 aliphatic carbocycles. The number of aliphatic hydroxyl groups is 4. The molecule has 1 fully saturated rings. The molecule has 29 heavy (non-hydrogen) atoms. The van der Waals surface area contributed by atoms with E-state index in [1.165, 1.54) is 0 Å². The normalized spacial score (nSPS) is 27.0. The first-order valence-corrected chi connectivity index (χ1v) is 10.6. The molecule has 6 nitrogen and oxygen atoms in total. The van der Waals surface area contributed by atoms with Gasteiger partial charge in [-0.05, 0) is 55.2 Å². The van der Waals surface area contributed by atoms with E-state index in [4.69, 9.17) is 4.74 Å². The van der Waals surface area contributed by atoms with Gasteiger partial charge in [0, 0.05) is 5.56 Å². The number of phenols is 1. The summed E-state index contributed by atoms with van der Waals surface area (Å²) in [6.07, 6.45) is -3.25. The summed E-state index contributed by atoms with van der Waals surface area (Å²) in [6.45, 7) is 4.12. The summed E-state index contributed by atoms with van der Waals surface area (Å²) < 4.78 is 5.47. The van der Waals surface area contributed by atoms with Gasteiger partial charge in [-0.2, -0.15) is 0 Å². The second-order valence-corrected chi connectivity index (χ2v) is 8.73.